The molecule has 0 aliphatic carbocycles. The Morgan fingerprint density at radius 3 is 3.00 bits per heavy atom. The van der Waals surface area contributed by atoms with E-state index in [4.69, 9.17) is 5.73 Å². The highest BCUT2D eigenvalue weighted by atomic mass is 32.2. The number of aryl methyl sites for hydroxylation is 1. The summed E-state index contributed by atoms with van der Waals surface area (Å²) in [6.07, 6.45) is 0. The molecular formula is C8H14N2S2. The first-order valence-electron chi connectivity index (χ1n) is 3.93. The highest BCUT2D eigenvalue weighted by Gasteiger charge is 1.99. The van der Waals surface area contributed by atoms with Gasteiger partial charge < -0.3 is 5.73 Å². The summed E-state index contributed by atoms with van der Waals surface area (Å²) < 4.78 is 0. The predicted molar refractivity (Wildman–Crippen MR) is 56.7 cm³/mol. The number of thioether (sulfide) groups is 1. The second-order valence-electron chi connectivity index (χ2n) is 2.85. The minimum absolute atomic E-state index is 0.287. The van der Waals surface area contributed by atoms with Crippen LogP contribution in [0.3, 0.4) is 0 Å². The van der Waals surface area contributed by atoms with Crippen LogP contribution in [0.5, 0.6) is 0 Å². The maximum atomic E-state index is 5.62. The fraction of sp³-hybridized carbons (Fsp3) is 0.625. The number of hydrogen-bond acceptors (Lipinski definition) is 4. The van der Waals surface area contributed by atoms with Gasteiger partial charge in [-0.25, -0.2) is 4.98 Å². The van der Waals surface area contributed by atoms with Crippen LogP contribution in [0, 0.1) is 6.92 Å². The fourth-order valence-electron chi connectivity index (χ4n) is 0.824. The van der Waals surface area contributed by atoms with E-state index in [1.54, 1.807) is 11.3 Å². The van der Waals surface area contributed by atoms with Crippen LogP contribution in [0.15, 0.2) is 5.38 Å². The maximum absolute atomic E-state index is 5.62. The zero-order valence-electron chi connectivity index (χ0n) is 7.41. The minimum Gasteiger partial charge on any atom is -0.327 e. The standard InChI is InChI=1S/C8H14N2S2/c1-6(9)3-11-4-8-5-12-7(2)10-8/h5-6H,3-4,9H2,1-2H3. The summed E-state index contributed by atoms with van der Waals surface area (Å²) in [5.41, 5.74) is 6.81. The van der Waals surface area contributed by atoms with Gasteiger partial charge in [0.05, 0.1) is 10.7 Å². The fourth-order valence-corrected chi connectivity index (χ4v) is 2.39. The molecule has 0 saturated heterocycles. The average Bonchev–Trinajstić information content (AvgIpc) is 2.35. The van der Waals surface area contributed by atoms with Crippen LogP contribution < -0.4 is 5.73 Å². The van der Waals surface area contributed by atoms with Crippen molar-refractivity contribution in [1.82, 2.24) is 4.98 Å². The minimum atomic E-state index is 0.287. The van der Waals surface area contributed by atoms with Crippen LogP contribution in [-0.4, -0.2) is 16.8 Å². The van der Waals surface area contributed by atoms with Crippen molar-refractivity contribution in [3.05, 3.63) is 16.1 Å². The molecule has 4 heteroatoms. The molecule has 1 atom stereocenters. The Morgan fingerprint density at radius 1 is 1.75 bits per heavy atom. The highest BCUT2D eigenvalue weighted by Crippen LogP contribution is 2.15. The first kappa shape index (κ1) is 10.0. The second kappa shape index (κ2) is 4.84. The van der Waals surface area contributed by atoms with Crippen LogP contribution in [0.4, 0.5) is 0 Å². The number of nitrogens with zero attached hydrogens (tertiary/aromatic N) is 1. The van der Waals surface area contributed by atoms with Crippen LogP contribution in [0.1, 0.15) is 17.6 Å². The average molecular weight is 202 g/mol. The van der Waals surface area contributed by atoms with E-state index in [0.717, 1.165) is 16.5 Å². The number of nitrogens with two attached hydrogens (primary N) is 1. The number of hydrogen-bond donors (Lipinski definition) is 1. The molecule has 0 fully saturated rings. The van der Waals surface area contributed by atoms with Crippen molar-refractivity contribution in [1.29, 1.82) is 0 Å². The van der Waals surface area contributed by atoms with Gasteiger partial charge >= 0.3 is 0 Å². The molecule has 0 amide bonds. The summed E-state index contributed by atoms with van der Waals surface area (Å²) in [5.74, 6) is 2.00. The summed E-state index contributed by atoms with van der Waals surface area (Å²) in [7, 11) is 0. The maximum Gasteiger partial charge on any atom is 0.0897 e. The van der Waals surface area contributed by atoms with Crippen molar-refractivity contribution in [2.45, 2.75) is 25.6 Å². The molecule has 0 aliphatic heterocycles. The SMILES string of the molecule is Cc1nc(CSCC(C)N)cs1. The van der Waals surface area contributed by atoms with Crippen molar-refractivity contribution in [2.24, 2.45) is 5.73 Å². The Bertz CT molecular complexity index is 233. The van der Waals surface area contributed by atoms with Gasteiger partial charge in [-0.05, 0) is 13.8 Å². The van der Waals surface area contributed by atoms with E-state index in [2.05, 4.69) is 10.4 Å². The van der Waals surface area contributed by atoms with E-state index in [1.165, 1.54) is 5.69 Å². The third kappa shape index (κ3) is 3.56. The number of aromatic nitrogens is 1. The molecule has 0 spiro atoms. The van der Waals surface area contributed by atoms with Gasteiger partial charge in [-0.2, -0.15) is 11.8 Å². The monoisotopic (exact) mass is 202 g/mol. The summed E-state index contributed by atoms with van der Waals surface area (Å²) in [5, 5.41) is 3.26. The zero-order chi connectivity index (χ0) is 8.97. The van der Waals surface area contributed by atoms with Crippen molar-refractivity contribution >= 4 is 23.1 Å². The molecule has 68 valence electrons. The van der Waals surface area contributed by atoms with Gasteiger partial charge in [-0.15, -0.1) is 11.3 Å². The zero-order valence-corrected chi connectivity index (χ0v) is 9.04. The van der Waals surface area contributed by atoms with Crippen LogP contribution >= 0.6 is 23.1 Å². The van der Waals surface area contributed by atoms with Crippen molar-refractivity contribution in [3.63, 3.8) is 0 Å². The molecule has 12 heavy (non-hydrogen) atoms. The van der Waals surface area contributed by atoms with Crippen LogP contribution in [0.2, 0.25) is 0 Å². The molecule has 2 N–H and O–H groups in total. The molecule has 1 aromatic rings. The van der Waals surface area contributed by atoms with Gasteiger partial charge in [0.25, 0.3) is 0 Å². The summed E-state index contributed by atoms with van der Waals surface area (Å²) in [6.45, 7) is 4.06. The van der Waals surface area contributed by atoms with E-state index in [9.17, 15) is 0 Å². The van der Waals surface area contributed by atoms with Gasteiger partial charge in [0.2, 0.25) is 0 Å². The lowest BCUT2D eigenvalue weighted by molar-refractivity contribution is 0.847. The normalized spacial score (nSPS) is 13.2. The Hall–Kier alpha value is -0.0600. The predicted octanol–water partition coefficient (Wildman–Crippen LogP) is 2.03. The lowest BCUT2D eigenvalue weighted by Crippen LogP contribution is -2.17. The highest BCUT2D eigenvalue weighted by molar-refractivity contribution is 7.98. The Morgan fingerprint density at radius 2 is 2.50 bits per heavy atom. The van der Waals surface area contributed by atoms with E-state index in [1.807, 2.05) is 25.6 Å². The molecule has 0 saturated carbocycles. The van der Waals surface area contributed by atoms with E-state index < -0.39 is 0 Å². The Labute approximate surface area is 81.6 Å². The van der Waals surface area contributed by atoms with Crippen LogP contribution in [0.25, 0.3) is 0 Å². The van der Waals surface area contributed by atoms with Crippen molar-refractivity contribution in [2.75, 3.05) is 5.75 Å². The molecule has 1 aromatic heterocycles. The molecule has 2 nitrogen and oxygen atoms in total. The molecule has 0 aromatic carbocycles. The van der Waals surface area contributed by atoms with E-state index in [-0.39, 0.29) is 6.04 Å². The summed E-state index contributed by atoms with van der Waals surface area (Å²) >= 11 is 3.55. The smallest absolute Gasteiger partial charge is 0.0897 e. The third-order valence-corrected chi connectivity index (χ3v) is 3.38. The van der Waals surface area contributed by atoms with E-state index in [0.29, 0.717) is 0 Å². The molecular weight excluding hydrogens is 188 g/mol. The van der Waals surface area contributed by atoms with E-state index >= 15 is 0 Å². The third-order valence-electron chi connectivity index (χ3n) is 1.30. The summed E-state index contributed by atoms with van der Waals surface area (Å²) in [6, 6.07) is 0.287. The molecule has 1 unspecified atom stereocenters. The first-order valence-corrected chi connectivity index (χ1v) is 5.96. The topological polar surface area (TPSA) is 38.9 Å². The van der Waals surface area contributed by atoms with Gasteiger partial charge in [0.1, 0.15) is 0 Å². The van der Waals surface area contributed by atoms with Gasteiger partial charge in [-0.1, -0.05) is 0 Å². The van der Waals surface area contributed by atoms with Crippen molar-refractivity contribution in [3.8, 4) is 0 Å². The van der Waals surface area contributed by atoms with Crippen LogP contribution in [-0.2, 0) is 5.75 Å². The number of rotatable bonds is 4. The van der Waals surface area contributed by atoms with Crippen molar-refractivity contribution < 1.29 is 0 Å². The first-order chi connectivity index (χ1) is 5.68. The second-order valence-corrected chi connectivity index (χ2v) is 4.94. The Balaban J connectivity index is 2.24. The number of thiazole rings is 1. The molecule has 0 bridgehead atoms. The molecule has 0 aliphatic rings. The largest absolute Gasteiger partial charge is 0.327 e. The van der Waals surface area contributed by atoms with Gasteiger partial charge in [0.15, 0.2) is 0 Å². The molecule has 1 heterocycles. The van der Waals surface area contributed by atoms with Gasteiger partial charge in [-0.3, -0.25) is 0 Å². The summed E-state index contributed by atoms with van der Waals surface area (Å²) in [4.78, 5) is 4.36. The quantitative estimate of drug-likeness (QED) is 0.812. The lowest BCUT2D eigenvalue weighted by atomic mass is 10.4. The Kier molecular flexibility index (Phi) is 4.05. The molecule has 0 radical (unpaired) electrons. The van der Waals surface area contributed by atoms with Gasteiger partial charge in [0, 0.05) is 22.9 Å². The molecule has 1 rings (SSSR count). The lowest BCUT2D eigenvalue weighted by Gasteiger charge is -2.01.